The van der Waals surface area contributed by atoms with E-state index in [1.54, 1.807) is 7.05 Å². The van der Waals surface area contributed by atoms with Crippen molar-refractivity contribution in [2.24, 2.45) is 0 Å². The van der Waals surface area contributed by atoms with E-state index in [0.29, 0.717) is 5.69 Å². The van der Waals surface area contributed by atoms with Crippen molar-refractivity contribution in [1.82, 2.24) is 10.3 Å². The molecule has 0 fully saturated rings. The second-order valence-corrected chi connectivity index (χ2v) is 5.02. The van der Waals surface area contributed by atoms with Crippen LogP contribution in [0, 0.1) is 0 Å². The third-order valence-electron chi connectivity index (χ3n) is 2.59. The Morgan fingerprint density at radius 1 is 1.63 bits per heavy atom. The molecular formula is C12H17ClFN3O2. The molecule has 0 aromatic carbocycles. The zero-order valence-electron chi connectivity index (χ0n) is 11.0. The Morgan fingerprint density at radius 2 is 2.26 bits per heavy atom. The zero-order chi connectivity index (χ0) is 14.6. The first-order valence-corrected chi connectivity index (χ1v) is 6.11. The van der Waals surface area contributed by atoms with Crippen LogP contribution in [0.4, 0.5) is 10.1 Å². The van der Waals surface area contributed by atoms with Crippen LogP contribution in [0.15, 0.2) is 12.3 Å². The van der Waals surface area contributed by atoms with Crippen molar-refractivity contribution in [2.45, 2.75) is 25.6 Å². The van der Waals surface area contributed by atoms with Gasteiger partial charge in [-0.15, -0.1) is 0 Å². The molecule has 0 aliphatic carbocycles. The highest BCUT2D eigenvalue weighted by molar-refractivity contribution is 6.29. The third-order valence-corrected chi connectivity index (χ3v) is 2.80. The van der Waals surface area contributed by atoms with Gasteiger partial charge in [0.2, 0.25) is 0 Å². The summed E-state index contributed by atoms with van der Waals surface area (Å²) in [6, 6.07) is 1.50. The van der Waals surface area contributed by atoms with Crippen molar-refractivity contribution in [1.29, 1.82) is 0 Å². The second-order valence-electron chi connectivity index (χ2n) is 4.63. The summed E-state index contributed by atoms with van der Waals surface area (Å²) in [7, 11) is 1.64. The lowest BCUT2D eigenvalue weighted by Gasteiger charge is -2.22. The van der Waals surface area contributed by atoms with Crippen molar-refractivity contribution in [3.8, 4) is 0 Å². The maximum Gasteiger partial charge on any atom is 0.255 e. The van der Waals surface area contributed by atoms with Gasteiger partial charge in [0.25, 0.3) is 5.91 Å². The van der Waals surface area contributed by atoms with Crippen LogP contribution in [0.5, 0.6) is 0 Å². The number of halogens is 2. The van der Waals surface area contributed by atoms with E-state index in [0.717, 1.165) is 0 Å². The predicted octanol–water partition coefficient (Wildman–Crippen LogP) is 1.62. The highest BCUT2D eigenvalue weighted by Crippen LogP contribution is 2.18. The Labute approximate surface area is 116 Å². The van der Waals surface area contributed by atoms with Crippen LogP contribution < -0.4 is 10.6 Å². The van der Waals surface area contributed by atoms with Crippen molar-refractivity contribution < 1.29 is 14.3 Å². The number of hydrogen-bond donors (Lipinski definition) is 3. The number of aromatic nitrogens is 1. The Kier molecular flexibility index (Phi) is 5.08. The minimum atomic E-state index is -1.56. The quantitative estimate of drug-likeness (QED) is 0.720. The van der Waals surface area contributed by atoms with E-state index in [-0.39, 0.29) is 17.3 Å². The summed E-state index contributed by atoms with van der Waals surface area (Å²) in [5.74, 6) is -0.486. The molecule has 0 radical (unpaired) electrons. The summed E-state index contributed by atoms with van der Waals surface area (Å²) < 4.78 is 13.5. The topological polar surface area (TPSA) is 74.2 Å². The smallest absolute Gasteiger partial charge is 0.255 e. The number of aliphatic hydroxyl groups is 1. The molecule has 1 heterocycles. The van der Waals surface area contributed by atoms with Gasteiger partial charge in [-0.05, 0) is 19.9 Å². The van der Waals surface area contributed by atoms with Crippen molar-refractivity contribution in [3.63, 3.8) is 0 Å². The molecule has 3 N–H and O–H groups in total. The molecule has 1 aromatic rings. The molecule has 1 unspecified atom stereocenters. The van der Waals surface area contributed by atoms with Crippen molar-refractivity contribution in [3.05, 3.63) is 23.0 Å². The first-order valence-electron chi connectivity index (χ1n) is 5.73. The van der Waals surface area contributed by atoms with E-state index in [1.165, 1.54) is 26.1 Å². The maximum absolute atomic E-state index is 13.5. The highest BCUT2D eigenvalue weighted by atomic mass is 35.5. The van der Waals surface area contributed by atoms with Gasteiger partial charge in [0.1, 0.15) is 11.3 Å². The van der Waals surface area contributed by atoms with Gasteiger partial charge in [0.05, 0.1) is 23.4 Å². The minimum Gasteiger partial charge on any atom is -0.387 e. The number of alkyl halides is 1. The van der Waals surface area contributed by atoms with Gasteiger partial charge in [-0.2, -0.15) is 0 Å². The van der Waals surface area contributed by atoms with E-state index in [4.69, 9.17) is 11.6 Å². The number of pyridine rings is 1. The summed E-state index contributed by atoms with van der Waals surface area (Å²) in [6.45, 7) is 2.40. The number of nitrogens with zero attached hydrogens (tertiary/aromatic N) is 1. The molecule has 106 valence electrons. The van der Waals surface area contributed by atoms with Crippen LogP contribution >= 0.6 is 11.6 Å². The number of rotatable bonds is 5. The Balaban J connectivity index is 2.74. The molecule has 19 heavy (non-hydrogen) atoms. The molecule has 1 rings (SSSR count). The molecule has 0 aliphatic rings. The maximum atomic E-state index is 13.5. The first kappa shape index (κ1) is 15.7. The van der Waals surface area contributed by atoms with E-state index in [9.17, 15) is 14.3 Å². The predicted molar refractivity (Wildman–Crippen MR) is 72.3 cm³/mol. The fraction of sp³-hybridized carbons (Fsp3) is 0.500. The van der Waals surface area contributed by atoms with Crippen molar-refractivity contribution >= 4 is 23.2 Å². The summed E-state index contributed by atoms with van der Waals surface area (Å²) in [6.07, 6.45) is -0.254. The number of nitrogens with one attached hydrogen (secondary N) is 2. The van der Waals surface area contributed by atoms with E-state index in [1.807, 2.05) is 0 Å². The molecule has 0 saturated carbocycles. The summed E-state index contributed by atoms with van der Waals surface area (Å²) in [5.41, 5.74) is -0.747. The molecule has 7 heteroatoms. The first-order chi connectivity index (χ1) is 8.75. The van der Waals surface area contributed by atoms with E-state index in [2.05, 4.69) is 15.6 Å². The van der Waals surface area contributed by atoms with Gasteiger partial charge < -0.3 is 15.7 Å². The van der Waals surface area contributed by atoms with E-state index < -0.39 is 17.7 Å². The summed E-state index contributed by atoms with van der Waals surface area (Å²) >= 11 is 5.71. The lowest BCUT2D eigenvalue weighted by atomic mass is 10.0. The Morgan fingerprint density at radius 3 is 2.79 bits per heavy atom. The fourth-order valence-corrected chi connectivity index (χ4v) is 1.50. The van der Waals surface area contributed by atoms with Crippen LogP contribution in [-0.2, 0) is 0 Å². The monoisotopic (exact) mass is 289 g/mol. The number of carbonyl (C=O) groups is 1. The normalized spacial score (nSPS) is 12.9. The fourth-order valence-electron chi connectivity index (χ4n) is 1.34. The molecule has 0 aliphatic heterocycles. The average Bonchev–Trinajstić information content (AvgIpc) is 2.33. The zero-order valence-corrected chi connectivity index (χ0v) is 11.8. The molecule has 5 nitrogen and oxygen atoms in total. The minimum absolute atomic E-state index is 0.251. The van der Waals surface area contributed by atoms with Gasteiger partial charge in [0, 0.05) is 13.2 Å². The molecule has 1 atom stereocenters. The largest absolute Gasteiger partial charge is 0.387 e. The SMILES string of the molecule is CNc1cc(Cl)ncc1C(=O)NCC(F)C(C)(C)O. The lowest BCUT2D eigenvalue weighted by Crippen LogP contribution is -2.42. The van der Waals surface area contributed by atoms with Gasteiger partial charge in [-0.3, -0.25) is 4.79 Å². The van der Waals surface area contributed by atoms with Gasteiger partial charge >= 0.3 is 0 Å². The van der Waals surface area contributed by atoms with Gasteiger partial charge in [-0.25, -0.2) is 9.37 Å². The van der Waals surface area contributed by atoms with Gasteiger partial charge in [-0.1, -0.05) is 11.6 Å². The highest BCUT2D eigenvalue weighted by Gasteiger charge is 2.27. The molecule has 0 bridgehead atoms. The van der Waals surface area contributed by atoms with Crippen LogP contribution in [0.3, 0.4) is 0 Å². The van der Waals surface area contributed by atoms with Crippen LogP contribution in [0.1, 0.15) is 24.2 Å². The number of amides is 1. The Hall–Kier alpha value is -1.40. The molecule has 1 amide bonds. The van der Waals surface area contributed by atoms with Crippen molar-refractivity contribution in [2.75, 3.05) is 18.9 Å². The van der Waals surface area contributed by atoms with Crippen LogP contribution in [0.25, 0.3) is 0 Å². The molecule has 1 aromatic heterocycles. The third kappa shape index (κ3) is 4.33. The second kappa shape index (κ2) is 6.16. The molecular weight excluding hydrogens is 273 g/mol. The van der Waals surface area contributed by atoms with Crippen LogP contribution in [0.2, 0.25) is 5.15 Å². The number of carbonyl (C=O) groups excluding carboxylic acids is 1. The van der Waals surface area contributed by atoms with Crippen LogP contribution in [-0.4, -0.2) is 41.4 Å². The molecule has 0 spiro atoms. The summed E-state index contributed by atoms with van der Waals surface area (Å²) in [4.78, 5) is 15.7. The Bertz CT molecular complexity index is 463. The molecule has 0 saturated heterocycles. The van der Waals surface area contributed by atoms with E-state index >= 15 is 0 Å². The standard InChI is InChI=1S/C12H17ClFN3O2/c1-12(2,19)9(14)6-17-11(18)7-5-16-10(13)4-8(7)15-3/h4-5,9,19H,6H2,1-3H3,(H,15,16)(H,17,18). The summed E-state index contributed by atoms with van der Waals surface area (Å²) in [5, 5.41) is 14.9. The number of hydrogen-bond acceptors (Lipinski definition) is 4. The lowest BCUT2D eigenvalue weighted by molar-refractivity contribution is -0.00177. The average molecular weight is 290 g/mol. The van der Waals surface area contributed by atoms with Gasteiger partial charge in [0.15, 0.2) is 0 Å². The number of anilines is 1.